The van der Waals surface area contributed by atoms with Crippen molar-refractivity contribution < 1.29 is 22.9 Å². The highest BCUT2D eigenvalue weighted by molar-refractivity contribution is 7.92. The number of hydrogen-bond donors (Lipinski definition) is 2. The third-order valence-electron chi connectivity index (χ3n) is 4.23. The molecule has 0 unspecified atom stereocenters. The van der Waals surface area contributed by atoms with Crippen molar-refractivity contribution in [3.05, 3.63) is 88.5 Å². The maximum absolute atomic E-state index is 12.5. The fourth-order valence-corrected chi connectivity index (χ4v) is 3.78. The second-order valence-electron chi connectivity index (χ2n) is 6.54. The maximum atomic E-state index is 12.5. The maximum Gasteiger partial charge on any atom is 0.271 e. The van der Waals surface area contributed by atoms with E-state index < -0.39 is 20.9 Å². The largest absolute Gasteiger partial charge is 0.484 e. The number of benzene rings is 3. The van der Waals surface area contributed by atoms with Crippen molar-refractivity contribution >= 4 is 33.0 Å². The molecule has 0 saturated heterocycles. The molecule has 0 aromatic heterocycles. The molecule has 10 heteroatoms. The van der Waals surface area contributed by atoms with Crippen molar-refractivity contribution in [3.63, 3.8) is 0 Å². The number of nitro groups is 1. The predicted octanol–water partition coefficient (Wildman–Crippen LogP) is 3.72. The van der Waals surface area contributed by atoms with Crippen LogP contribution in [-0.4, -0.2) is 25.9 Å². The van der Waals surface area contributed by atoms with Gasteiger partial charge in [-0.2, -0.15) is 0 Å². The van der Waals surface area contributed by atoms with E-state index in [4.69, 9.17) is 4.74 Å². The van der Waals surface area contributed by atoms with Crippen LogP contribution in [0, 0.1) is 17.0 Å². The summed E-state index contributed by atoms with van der Waals surface area (Å²) in [5.74, 6) is -0.220. The van der Waals surface area contributed by atoms with Crippen LogP contribution in [0.2, 0.25) is 0 Å². The van der Waals surface area contributed by atoms with Crippen LogP contribution in [0.15, 0.2) is 77.7 Å². The first kappa shape index (κ1) is 21.8. The monoisotopic (exact) mass is 441 g/mol. The summed E-state index contributed by atoms with van der Waals surface area (Å²) < 4.78 is 33.0. The minimum absolute atomic E-state index is 0.0455. The number of hydrogen-bond acceptors (Lipinski definition) is 6. The zero-order valence-electron chi connectivity index (χ0n) is 16.4. The molecule has 0 aliphatic heterocycles. The Kier molecular flexibility index (Phi) is 6.51. The fraction of sp³-hybridized carbons (Fsp3) is 0.0952. The van der Waals surface area contributed by atoms with E-state index in [0.717, 1.165) is 5.56 Å². The number of nitrogens with zero attached hydrogens (tertiary/aromatic N) is 1. The SMILES string of the molecule is Cc1ccccc1NS(=O)(=O)c1ccc(OCC(=O)Nc2cccc([N+](=O)[O-])c2)cc1. The van der Waals surface area contributed by atoms with E-state index in [1.165, 1.54) is 48.5 Å². The van der Waals surface area contributed by atoms with Gasteiger partial charge in [-0.25, -0.2) is 8.42 Å². The summed E-state index contributed by atoms with van der Waals surface area (Å²) in [6, 6.07) is 18.2. The number of rotatable bonds is 8. The van der Waals surface area contributed by atoms with Crippen LogP contribution in [-0.2, 0) is 14.8 Å². The van der Waals surface area contributed by atoms with Crippen LogP contribution in [0.3, 0.4) is 0 Å². The first-order valence-electron chi connectivity index (χ1n) is 9.10. The van der Waals surface area contributed by atoms with Crippen molar-refractivity contribution in [3.8, 4) is 5.75 Å². The molecule has 0 aliphatic carbocycles. The molecule has 9 nitrogen and oxygen atoms in total. The molecule has 0 heterocycles. The number of nitro benzene ring substituents is 1. The minimum Gasteiger partial charge on any atom is -0.484 e. The molecule has 3 aromatic rings. The third kappa shape index (κ3) is 5.80. The average Bonchev–Trinajstić information content (AvgIpc) is 2.74. The molecule has 0 bridgehead atoms. The molecule has 0 atom stereocenters. The molecule has 160 valence electrons. The van der Waals surface area contributed by atoms with Crippen molar-refractivity contribution in [1.29, 1.82) is 0 Å². The number of anilines is 2. The van der Waals surface area contributed by atoms with Crippen molar-refractivity contribution in [2.24, 2.45) is 0 Å². The van der Waals surface area contributed by atoms with E-state index in [2.05, 4.69) is 10.0 Å². The van der Waals surface area contributed by atoms with Crippen molar-refractivity contribution in [2.75, 3.05) is 16.6 Å². The Bertz CT molecular complexity index is 1210. The Morgan fingerprint density at radius 2 is 1.74 bits per heavy atom. The van der Waals surface area contributed by atoms with E-state index in [-0.39, 0.29) is 22.9 Å². The Hall–Kier alpha value is -3.92. The fourth-order valence-electron chi connectivity index (χ4n) is 2.65. The Balaban J connectivity index is 1.59. The number of aryl methyl sites for hydroxylation is 1. The molecule has 2 N–H and O–H groups in total. The number of non-ortho nitro benzene ring substituents is 1. The predicted molar refractivity (Wildman–Crippen MR) is 116 cm³/mol. The molecule has 0 saturated carbocycles. The van der Waals surface area contributed by atoms with Gasteiger partial charge in [0.15, 0.2) is 6.61 Å². The number of carbonyl (C=O) groups is 1. The van der Waals surface area contributed by atoms with Gasteiger partial charge < -0.3 is 10.1 Å². The summed E-state index contributed by atoms with van der Waals surface area (Å²) in [4.78, 5) is 22.3. The van der Waals surface area contributed by atoms with Gasteiger partial charge in [-0.15, -0.1) is 0 Å². The third-order valence-corrected chi connectivity index (χ3v) is 5.62. The van der Waals surface area contributed by atoms with Crippen LogP contribution >= 0.6 is 0 Å². The zero-order valence-corrected chi connectivity index (χ0v) is 17.3. The quantitative estimate of drug-likeness (QED) is 0.405. The molecule has 31 heavy (non-hydrogen) atoms. The number of carbonyl (C=O) groups excluding carboxylic acids is 1. The Morgan fingerprint density at radius 3 is 2.42 bits per heavy atom. The van der Waals surface area contributed by atoms with Gasteiger partial charge in [0.1, 0.15) is 5.75 Å². The van der Waals surface area contributed by atoms with Gasteiger partial charge in [-0.05, 0) is 48.9 Å². The van der Waals surface area contributed by atoms with Gasteiger partial charge in [0, 0.05) is 17.8 Å². The van der Waals surface area contributed by atoms with Gasteiger partial charge in [0.25, 0.3) is 21.6 Å². The van der Waals surface area contributed by atoms with Gasteiger partial charge in [-0.3, -0.25) is 19.6 Å². The van der Waals surface area contributed by atoms with Gasteiger partial charge in [-0.1, -0.05) is 24.3 Å². The van der Waals surface area contributed by atoms with Crippen LogP contribution in [0.25, 0.3) is 0 Å². The molecule has 0 radical (unpaired) electrons. The minimum atomic E-state index is -3.78. The summed E-state index contributed by atoms with van der Waals surface area (Å²) >= 11 is 0. The Morgan fingerprint density at radius 1 is 1.03 bits per heavy atom. The molecule has 0 aliphatic rings. The van der Waals surface area contributed by atoms with E-state index in [9.17, 15) is 23.3 Å². The lowest BCUT2D eigenvalue weighted by atomic mass is 10.2. The molecular formula is C21H19N3O6S. The van der Waals surface area contributed by atoms with Gasteiger partial charge in [0.2, 0.25) is 0 Å². The van der Waals surface area contributed by atoms with Crippen LogP contribution in [0.1, 0.15) is 5.56 Å². The van der Waals surface area contributed by atoms with E-state index in [0.29, 0.717) is 11.4 Å². The number of amides is 1. The van der Waals surface area contributed by atoms with Crippen LogP contribution in [0.5, 0.6) is 5.75 Å². The molecule has 1 amide bonds. The lowest BCUT2D eigenvalue weighted by Gasteiger charge is -2.11. The highest BCUT2D eigenvalue weighted by atomic mass is 32.2. The molecule has 0 spiro atoms. The molecule has 3 aromatic carbocycles. The lowest BCUT2D eigenvalue weighted by Crippen LogP contribution is -2.20. The number of ether oxygens (including phenoxy) is 1. The molecular weight excluding hydrogens is 422 g/mol. The second-order valence-corrected chi connectivity index (χ2v) is 8.22. The van der Waals surface area contributed by atoms with E-state index >= 15 is 0 Å². The summed E-state index contributed by atoms with van der Waals surface area (Å²) in [6.45, 7) is 1.45. The summed E-state index contributed by atoms with van der Waals surface area (Å²) in [5.41, 5.74) is 1.41. The molecule has 3 rings (SSSR count). The summed E-state index contributed by atoms with van der Waals surface area (Å²) in [6.07, 6.45) is 0. The lowest BCUT2D eigenvalue weighted by molar-refractivity contribution is -0.384. The Labute approximate surface area is 178 Å². The smallest absolute Gasteiger partial charge is 0.271 e. The first-order chi connectivity index (χ1) is 14.7. The standard InChI is InChI=1S/C21H19N3O6S/c1-15-5-2-3-8-20(15)23-31(28,29)19-11-9-18(10-12-19)30-14-21(25)22-16-6-4-7-17(13-16)24(26)27/h2-13,23H,14H2,1H3,(H,22,25). The second kappa shape index (κ2) is 9.26. The van der Waals surface area contributed by atoms with Gasteiger partial charge in [0.05, 0.1) is 15.5 Å². The van der Waals surface area contributed by atoms with Crippen LogP contribution in [0.4, 0.5) is 17.1 Å². The summed E-state index contributed by atoms with van der Waals surface area (Å²) in [5, 5.41) is 13.3. The van der Waals surface area contributed by atoms with E-state index in [1.807, 2.05) is 6.07 Å². The number of sulfonamides is 1. The van der Waals surface area contributed by atoms with Crippen molar-refractivity contribution in [2.45, 2.75) is 11.8 Å². The van der Waals surface area contributed by atoms with Crippen molar-refractivity contribution in [1.82, 2.24) is 0 Å². The van der Waals surface area contributed by atoms with Gasteiger partial charge >= 0.3 is 0 Å². The normalized spacial score (nSPS) is 10.9. The highest BCUT2D eigenvalue weighted by Gasteiger charge is 2.15. The topological polar surface area (TPSA) is 128 Å². The highest BCUT2D eigenvalue weighted by Crippen LogP contribution is 2.21. The number of nitrogens with one attached hydrogen (secondary N) is 2. The number of para-hydroxylation sites is 1. The average molecular weight is 441 g/mol. The summed E-state index contributed by atoms with van der Waals surface area (Å²) in [7, 11) is -3.78. The first-order valence-corrected chi connectivity index (χ1v) is 10.6. The zero-order chi connectivity index (χ0) is 22.4. The van der Waals surface area contributed by atoms with Crippen LogP contribution < -0.4 is 14.8 Å². The van der Waals surface area contributed by atoms with E-state index in [1.54, 1.807) is 25.1 Å². The molecule has 0 fully saturated rings.